The van der Waals surface area contributed by atoms with Crippen LogP contribution in [-0.4, -0.2) is 9.55 Å². The molecule has 2 heterocycles. The first-order valence-electron chi connectivity index (χ1n) is 4.49. The fourth-order valence-corrected chi connectivity index (χ4v) is 1.84. The Kier molecular flexibility index (Phi) is 1.68. The zero-order valence-electron chi connectivity index (χ0n) is 7.67. The Morgan fingerprint density at radius 3 is 2.92 bits per heavy atom. The maximum atomic E-state index is 5.95. The molecule has 1 aliphatic heterocycles. The summed E-state index contributed by atoms with van der Waals surface area (Å²) >= 11 is 0. The molecule has 66 valence electrons. The van der Waals surface area contributed by atoms with Gasteiger partial charge < -0.3 is 10.3 Å². The van der Waals surface area contributed by atoms with Crippen molar-refractivity contribution < 1.29 is 0 Å². The maximum absolute atomic E-state index is 5.95. The van der Waals surface area contributed by atoms with Gasteiger partial charge in [-0.15, -0.1) is 0 Å². The summed E-state index contributed by atoms with van der Waals surface area (Å²) in [7, 11) is 0. The molecule has 0 aromatic carbocycles. The number of aromatic nitrogens is 2. The lowest BCUT2D eigenvalue weighted by Gasteiger charge is -2.20. The molecule has 0 spiro atoms. The molecule has 0 amide bonds. The summed E-state index contributed by atoms with van der Waals surface area (Å²) in [5.74, 6) is 1.08. The van der Waals surface area contributed by atoms with Crippen LogP contribution in [0.5, 0.6) is 0 Å². The van der Waals surface area contributed by atoms with Crippen molar-refractivity contribution in [1.29, 1.82) is 0 Å². The van der Waals surface area contributed by atoms with Crippen LogP contribution in [0, 0.1) is 13.8 Å². The van der Waals surface area contributed by atoms with Crippen LogP contribution < -0.4 is 5.73 Å². The molecule has 3 heteroatoms. The highest BCUT2D eigenvalue weighted by Crippen LogP contribution is 2.24. The number of imidazole rings is 1. The Labute approximate surface area is 72.6 Å². The lowest BCUT2D eigenvalue weighted by atomic mass is 10.1. The molecule has 1 aromatic heterocycles. The molecule has 0 saturated heterocycles. The Hall–Kier alpha value is -0.830. The van der Waals surface area contributed by atoms with Crippen molar-refractivity contribution in [3.8, 4) is 0 Å². The molecule has 1 aromatic rings. The smallest absolute Gasteiger partial charge is 0.126 e. The zero-order chi connectivity index (χ0) is 8.72. The Morgan fingerprint density at radius 1 is 1.50 bits per heavy atom. The third-order valence-corrected chi connectivity index (χ3v) is 2.72. The molecule has 0 radical (unpaired) electrons. The Bertz CT molecular complexity index is 301. The molecule has 0 saturated carbocycles. The average Bonchev–Trinajstić information content (AvgIpc) is 2.32. The van der Waals surface area contributed by atoms with Gasteiger partial charge in [0.15, 0.2) is 0 Å². The van der Waals surface area contributed by atoms with Crippen LogP contribution >= 0.6 is 0 Å². The summed E-state index contributed by atoms with van der Waals surface area (Å²) in [5, 5.41) is 0. The van der Waals surface area contributed by atoms with Gasteiger partial charge in [-0.3, -0.25) is 0 Å². The molecule has 2 N–H and O–H groups in total. The second kappa shape index (κ2) is 2.59. The summed E-state index contributed by atoms with van der Waals surface area (Å²) in [5.41, 5.74) is 8.35. The minimum absolute atomic E-state index is 0.158. The van der Waals surface area contributed by atoms with Crippen LogP contribution in [0.4, 0.5) is 0 Å². The molecule has 2 rings (SSSR count). The minimum atomic E-state index is 0.158. The predicted octanol–water partition coefficient (Wildman–Crippen LogP) is 1.29. The fraction of sp³-hybridized carbons (Fsp3) is 0.667. The molecule has 3 nitrogen and oxygen atoms in total. The van der Waals surface area contributed by atoms with Gasteiger partial charge in [-0.05, 0) is 26.7 Å². The SMILES string of the molecule is Cc1nc2n(c1C)CCC[C@H]2N. The van der Waals surface area contributed by atoms with E-state index in [9.17, 15) is 0 Å². The van der Waals surface area contributed by atoms with E-state index in [-0.39, 0.29) is 6.04 Å². The third kappa shape index (κ3) is 0.966. The molecule has 0 unspecified atom stereocenters. The summed E-state index contributed by atoms with van der Waals surface area (Å²) < 4.78 is 2.25. The minimum Gasteiger partial charge on any atom is -0.331 e. The van der Waals surface area contributed by atoms with Gasteiger partial charge in [0.25, 0.3) is 0 Å². The number of nitrogens with two attached hydrogens (primary N) is 1. The van der Waals surface area contributed by atoms with Gasteiger partial charge >= 0.3 is 0 Å². The van der Waals surface area contributed by atoms with E-state index in [1.807, 2.05) is 6.92 Å². The van der Waals surface area contributed by atoms with Crippen LogP contribution in [0.3, 0.4) is 0 Å². The molecule has 0 bridgehead atoms. The van der Waals surface area contributed by atoms with Gasteiger partial charge in [0, 0.05) is 12.2 Å². The molecule has 0 fully saturated rings. The summed E-state index contributed by atoms with van der Waals surface area (Å²) in [6.07, 6.45) is 2.26. The highest BCUT2D eigenvalue weighted by atomic mass is 15.1. The van der Waals surface area contributed by atoms with Crippen molar-refractivity contribution in [1.82, 2.24) is 9.55 Å². The predicted molar refractivity (Wildman–Crippen MR) is 47.9 cm³/mol. The number of fused-ring (bicyclic) bond motifs is 1. The normalized spacial score (nSPS) is 22.4. The molecular formula is C9H15N3. The molecule has 0 aliphatic carbocycles. The molecule has 1 aliphatic rings. The zero-order valence-corrected chi connectivity index (χ0v) is 7.67. The highest BCUT2D eigenvalue weighted by molar-refractivity contribution is 5.17. The highest BCUT2D eigenvalue weighted by Gasteiger charge is 2.20. The van der Waals surface area contributed by atoms with Crippen LogP contribution in [0.2, 0.25) is 0 Å². The first kappa shape index (κ1) is 7.80. The quantitative estimate of drug-likeness (QED) is 0.629. The van der Waals surface area contributed by atoms with E-state index in [4.69, 9.17) is 5.73 Å². The van der Waals surface area contributed by atoms with E-state index >= 15 is 0 Å². The van der Waals surface area contributed by atoms with Crippen LogP contribution in [0.1, 0.15) is 36.1 Å². The fourth-order valence-electron chi connectivity index (χ4n) is 1.84. The molecular weight excluding hydrogens is 150 g/mol. The Balaban J connectivity index is 2.52. The van der Waals surface area contributed by atoms with E-state index in [1.54, 1.807) is 0 Å². The summed E-state index contributed by atoms with van der Waals surface area (Å²) in [6.45, 7) is 5.26. The lowest BCUT2D eigenvalue weighted by molar-refractivity contribution is 0.446. The van der Waals surface area contributed by atoms with Gasteiger partial charge in [0.1, 0.15) is 5.82 Å². The van der Waals surface area contributed by atoms with Gasteiger partial charge in [0.05, 0.1) is 11.7 Å². The van der Waals surface area contributed by atoms with Gasteiger partial charge in [-0.2, -0.15) is 0 Å². The number of rotatable bonds is 0. The van der Waals surface area contributed by atoms with Crippen molar-refractivity contribution in [3.05, 3.63) is 17.2 Å². The molecule has 1 atom stereocenters. The number of nitrogens with zero attached hydrogens (tertiary/aromatic N) is 2. The van der Waals surface area contributed by atoms with Gasteiger partial charge in [0.2, 0.25) is 0 Å². The van der Waals surface area contributed by atoms with E-state index in [0.29, 0.717) is 0 Å². The van der Waals surface area contributed by atoms with E-state index < -0.39 is 0 Å². The molecule has 12 heavy (non-hydrogen) atoms. The summed E-state index contributed by atoms with van der Waals surface area (Å²) in [6, 6.07) is 0.158. The topological polar surface area (TPSA) is 43.8 Å². The van der Waals surface area contributed by atoms with Crippen LogP contribution in [0.25, 0.3) is 0 Å². The van der Waals surface area contributed by atoms with Crippen molar-refractivity contribution >= 4 is 0 Å². The van der Waals surface area contributed by atoms with Gasteiger partial charge in [-0.1, -0.05) is 0 Å². The first-order chi connectivity index (χ1) is 5.70. The number of hydrogen-bond acceptors (Lipinski definition) is 2. The van der Waals surface area contributed by atoms with E-state index in [0.717, 1.165) is 24.5 Å². The van der Waals surface area contributed by atoms with Crippen molar-refractivity contribution in [2.24, 2.45) is 5.73 Å². The van der Waals surface area contributed by atoms with Gasteiger partial charge in [-0.25, -0.2) is 4.98 Å². The second-order valence-corrected chi connectivity index (χ2v) is 3.54. The van der Waals surface area contributed by atoms with Crippen LogP contribution in [0.15, 0.2) is 0 Å². The number of hydrogen-bond donors (Lipinski definition) is 1. The van der Waals surface area contributed by atoms with E-state index in [2.05, 4.69) is 16.5 Å². The Morgan fingerprint density at radius 2 is 2.25 bits per heavy atom. The second-order valence-electron chi connectivity index (χ2n) is 3.54. The third-order valence-electron chi connectivity index (χ3n) is 2.72. The summed E-state index contributed by atoms with van der Waals surface area (Å²) in [4.78, 5) is 4.47. The first-order valence-corrected chi connectivity index (χ1v) is 4.49. The standard InChI is InChI=1S/C9H15N3/c1-6-7(2)12-5-3-4-8(10)9(12)11-6/h8H,3-5,10H2,1-2H3/t8-/m1/s1. The van der Waals surface area contributed by atoms with E-state index in [1.165, 1.54) is 12.1 Å². The van der Waals surface area contributed by atoms with Crippen molar-refractivity contribution in [2.75, 3.05) is 0 Å². The monoisotopic (exact) mass is 165 g/mol. The van der Waals surface area contributed by atoms with Crippen molar-refractivity contribution in [3.63, 3.8) is 0 Å². The van der Waals surface area contributed by atoms with Crippen LogP contribution in [-0.2, 0) is 6.54 Å². The number of aryl methyl sites for hydroxylation is 1. The largest absolute Gasteiger partial charge is 0.331 e. The average molecular weight is 165 g/mol. The van der Waals surface area contributed by atoms with Crippen molar-refractivity contribution in [2.45, 2.75) is 39.3 Å². The lowest BCUT2D eigenvalue weighted by Crippen LogP contribution is -2.22. The maximum Gasteiger partial charge on any atom is 0.126 e.